The van der Waals surface area contributed by atoms with Gasteiger partial charge in [-0.05, 0) is 0 Å². The smallest absolute Gasteiger partial charge is 0.178 e. The van der Waals surface area contributed by atoms with Gasteiger partial charge in [-0.15, -0.1) is 12.3 Å². The predicted molar refractivity (Wildman–Crippen MR) is 46.8 cm³/mol. The van der Waals surface area contributed by atoms with Gasteiger partial charge in [-0.3, -0.25) is 4.79 Å². The third-order valence-electron chi connectivity index (χ3n) is 1.69. The number of Topliss-reactive ketones (excluding diaryl/α,β-unsaturated/α-hetero) is 1. The van der Waals surface area contributed by atoms with E-state index in [0.717, 1.165) is 0 Å². The number of halogens is 2. The SMILES string of the molecule is C#CCC1(O)CC(=O)C(Cl)=C1Cl. The summed E-state index contributed by atoms with van der Waals surface area (Å²) >= 11 is 11.1. The molecule has 0 aromatic rings. The predicted octanol–water partition coefficient (Wildman–Crippen LogP) is 1.40. The van der Waals surface area contributed by atoms with Gasteiger partial charge in [0.2, 0.25) is 0 Å². The molecule has 0 aromatic heterocycles. The Morgan fingerprint density at radius 3 is 2.58 bits per heavy atom. The van der Waals surface area contributed by atoms with E-state index in [1.54, 1.807) is 0 Å². The van der Waals surface area contributed by atoms with Crippen LogP contribution in [0.4, 0.5) is 0 Å². The van der Waals surface area contributed by atoms with E-state index in [4.69, 9.17) is 29.6 Å². The van der Waals surface area contributed by atoms with Crippen LogP contribution in [0.25, 0.3) is 0 Å². The highest BCUT2D eigenvalue weighted by atomic mass is 35.5. The van der Waals surface area contributed by atoms with Crippen LogP contribution in [0.3, 0.4) is 0 Å². The zero-order valence-corrected chi connectivity index (χ0v) is 7.61. The topological polar surface area (TPSA) is 37.3 Å². The van der Waals surface area contributed by atoms with Crippen molar-refractivity contribution in [3.63, 3.8) is 0 Å². The molecule has 1 N–H and O–H groups in total. The van der Waals surface area contributed by atoms with E-state index >= 15 is 0 Å². The van der Waals surface area contributed by atoms with Gasteiger partial charge in [-0.2, -0.15) is 0 Å². The molecule has 0 aromatic carbocycles. The molecule has 0 bridgehead atoms. The third kappa shape index (κ3) is 1.36. The van der Waals surface area contributed by atoms with Gasteiger partial charge >= 0.3 is 0 Å². The van der Waals surface area contributed by atoms with Crippen molar-refractivity contribution < 1.29 is 9.90 Å². The van der Waals surface area contributed by atoms with Crippen LogP contribution in [0.2, 0.25) is 0 Å². The van der Waals surface area contributed by atoms with Crippen molar-refractivity contribution in [2.45, 2.75) is 18.4 Å². The van der Waals surface area contributed by atoms with Gasteiger partial charge in [0.25, 0.3) is 0 Å². The van der Waals surface area contributed by atoms with E-state index in [1.807, 2.05) is 0 Å². The molecule has 0 heterocycles. The normalized spacial score (nSPS) is 29.3. The van der Waals surface area contributed by atoms with Crippen molar-refractivity contribution in [3.8, 4) is 12.3 Å². The summed E-state index contributed by atoms with van der Waals surface area (Å²) in [6.07, 6.45) is 4.89. The summed E-state index contributed by atoms with van der Waals surface area (Å²) in [6, 6.07) is 0. The van der Waals surface area contributed by atoms with E-state index in [-0.39, 0.29) is 28.7 Å². The molecule has 0 saturated heterocycles. The van der Waals surface area contributed by atoms with Crippen LogP contribution in [0.15, 0.2) is 10.1 Å². The Hall–Kier alpha value is -0.490. The molecule has 4 heteroatoms. The monoisotopic (exact) mass is 204 g/mol. The number of carbonyl (C=O) groups excluding carboxylic acids is 1. The molecular weight excluding hydrogens is 199 g/mol. The second-order valence-corrected chi connectivity index (χ2v) is 3.40. The molecule has 1 rings (SSSR count). The molecule has 0 amide bonds. The number of hydrogen-bond donors (Lipinski definition) is 1. The Morgan fingerprint density at radius 2 is 2.25 bits per heavy atom. The van der Waals surface area contributed by atoms with Crippen LogP contribution >= 0.6 is 23.2 Å². The Kier molecular flexibility index (Phi) is 2.48. The van der Waals surface area contributed by atoms with Crippen LogP contribution in [0, 0.1) is 12.3 Å². The average Bonchev–Trinajstić information content (AvgIpc) is 2.17. The third-order valence-corrected chi connectivity index (χ3v) is 2.73. The molecule has 1 atom stereocenters. The standard InChI is InChI=1S/C8H6Cl2O2/c1-2-3-8(12)4-5(11)6(9)7(8)10/h1,12H,3-4H2. The van der Waals surface area contributed by atoms with Crippen LogP contribution in [0.5, 0.6) is 0 Å². The lowest BCUT2D eigenvalue weighted by Crippen LogP contribution is -2.26. The molecule has 0 radical (unpaired) electrons. The van der Waals surface area contributed by atoms with E-state index in [1.165, 1.54) is 0 Å². The first kappa shape index (κ1) is 9.60. The number of ketones is 1. The average molecular weight is 205 g/mol. The minimum atomic E-state index is -1.43. The summed E-state index contributed by atoms with van der Waals surface area (Å²) in [5, 5.41) is 9.53. The quantitative estimate of drug-likeness (QED) is 0.657. The summed E-state index contributed by atoms with van der Waals surface area (Å²) in [5.74, 6) is 1.88. The Labute approximate surface area is 80.2 Å². The summed E-state index contributed by atoms with van der Waals surface area (Å²) in [7, 11) is 0. The lowest BCUT2D eigenvalue weighted by Gasteiger charge is -2.18. The molecule has 1 unspecified atom stereocenters. The first-order valence-corrected chi connectivity index (χ1v) is 4.01. The van der Waals surface area contributed by atoms with E-state index < -0.39 is 5.60 Å². The van der Waals surface area contributed by atoms with Crippen molar-refractivity contribution >= 4 is 29.0 Å². The van der Waals surface area contributed by atoms with Crippen LogP contribution in [-0.4, -0.2) is 16.5 Å². The Morgan fingerprint density at radius 1 is 1.67 bits per heavy atom. The number of terminal acetylenes is 1. The van der Waals surface area contributed by atoms with Crippen molar-refractivity contribution in [3.05, 3.63) is 10.1 Å². The summed E-state index contributed by atoms with van der Waals surface area (Å²) in [6.45, 7) is 0. The zero-order valence-electron chi connectivity index (χ0n) is 6.10. The fourth-order valence-electron chi connectivity index (χ4n) is 1.06. The van der Waals surface area contributed by atoms with E-state index in [2.05, 4.69) is 5.92 Å². The van der Waals surface area contributed by atoms with Gasteiger partial charge in [0.15, 0.2) is 5.78 Å². The fourth-order valence-corrected chi connectivity index (χ4v) is 1.54. The molecule has 1 aliphatic carbocycles. The van der Waals surface area contributed by atoms with Gasteiger partial charge in [0.1, 0.15) is 10.6 Å². The molecule has 1 aliphatic rings. The van der Waals surface area contributed by atoms with Crippen molar-refractivity contribution in [1.82, 2.24) is 0 Å². The number of carbonyl (C=O) groups is 1. The van der Waals surface area contributed by atoms with Crippen LogP contribution < -0.4 is 0 Å². The van der Waals surface area contributed by atoms with Crippen LogP contribution in [-0.2, 0) is 4.79 Å². The Bertz CT molecular complexity index is 301. The second kappa shape index (κ2) is 3.10. The van der Waals surface area contributed by atoms with E-state index in [9.17, 15) is 9.90 Å². The highest BCUT2D eigenvalue weighted by Gasteiger charge is 2.42. The van der Waals surface area contributed by atoms with Crippen LogP contribution in [0.1, 0.15) is 12.8 Å². The first-order valence-electron chi connectivity index (χ1n) is 3.26. The molecular formula is C8H6Cl2O2. The maximum atomic E-state index is 11.0. The maximum Gasteiger partial charge on any atom is 0.178 e. The number of aliphatic hydroxyl groups is 1. The molecule has 64 valence electrons. The fraction of sp³-hybridized carbons (Fsp3) is 0.375. The number of hydrogen-bond acceptors (Lipinski definition) is 2. The highest BCUT2D eigenvalue weighted by molar-refractivity contribution is 6.50. The lowest BCUT2D eigenvalue weighted by atomic mass is 10.00. The van der Waals surface area contributed by atoms with Gasteiger partial charge in [-0.1, -0.05) is 23.2 Å². The zero-order chi connectivity index (χ0) is 9.35. The molecule has 0 spiro atoms. The van der Waals surface area contributed by atoms with Crippen molar-refractivity contribution in [1.29, 1.82) is 0 Å². The van der Waals surface area contributed by atoms with Gasteiger partial charge in [0.05, 0.1) is 5.03 Å². The summed E-state index contributed by atoms with van der Waals surface area (Å²) < 4.78 is 0. The van der Waals surface area contributed by atoms with Gasteiger partial charge in [-0.25, -0.2) is 0 Å². The molecule has 12 heavy (non-hydrogen) atoms. The lowest BCUT2D eigenvalue weighted by molar-refractivity contribution is -0.116. The second-order valence-electron chi connectivity index (χ2n) is 2.64. The highest BCUT2D eigenvalue weighted by Crippen LogP contribution is 2.39. The summed E-state index contributed by atoms with van der Waals surface area (Å²) in [5.41, 5.74) is -1.43. The van der Waals surface area contributed by atoms with Gasteiger partial charge in [0, 0.05) is 12.8 Å². The summed E-state index contributed by atoms with van der Waals surface area (Å²) in [4.78, 5) is 11.0. The maximum absolute atomic E-state index is 11.0. The number of allylic oxidation sites excluding steroid dienone is 1. The minimum Gasteiger partial charge on any atom is -0.383 e. The van der Waals surface area contributed by atoms with Crippen molar-refractivity contribution in [2.75, 3.05) is 0 Å². The molecule has 0 saturated carbocycles. The Balaban J connectivity index is 3.01. The van der Waals surface area contributed by atoms with Gasteiger partial charge < -0.3 is 5.11 Å². The molecule has 0 aliphatic heterocycles. The van der Waals surface area contributed by atoms with E-state index in [0.29, 0.717) is 0 Å². The van der Waals surface area contributed by atoms with Crippen molar-refractivity contribution in [2.24, 2.45) is 0 Å². The largest absolute Gasteiger partial charge is 0.383 e. The first-order chi connectivity index (χ1) is 5.51. The molecule has 0 fully saturated rings. The molecule has 2 nitrogen and oxygen atoms in total. The minimum absolute atomic E-state index is 0.00773. The number of rotatable bonds is 1.